The fraction of sp³-hybridized carbons (Fsp3) is 0.368. The molecule has 1 aliphatic rings. The zero-order valence-electron chi connectivity index (χ0n) is 17.2. The lowest BCUT2D eigenvalue weighted by atomic mass is 10.1. The van der Waals surface area contributed by atoms with Crippen molar-refractivity contribution in [2.24, 2.45) is 5.73 Å². The molecule has 31 heavy (non-hydrogen) atoms. The Kier molecular flexibility index (Phi) is 5.65. The van der Waals surface area contributed by atoms with Crippen LogP contribution in [0.5, 0.6) is 0 Å². The smallest absolute Gasteiger partial charge is 0.364 e. The van der Waals surface area contributed by atoms with Crippen molar-refractivity contribution in [2.45, 2.75) is 31.1 Å². The summed E-state index contributed by atoms with van der Waals surface area (Å²) in [6, 6.07) is 4.39. The SMILES string of the molecule is CCON1c2cc(C(F)(F)F)ccc2N(C)C1c1nc(C(N)=O)cc(C)c1S(C)(=O)=O. The molecule has 0 spiro atoms. The molecular weight excluding hydrogens is 437 g/mol. The van der Waals surface area contributed by atoms with E-state index in [0.717, 1.165) is 18.4 Å². The highest BCUT2D eigenvalue weighted by Gasteiger charge is 2.42. The molecule has 1 amide bonds. The van der Waals surface area contributed by atoms with E-state index in [-0.39, 0.29) is 34.1 Å². The second kappa shape index (κ2) is 7.68. The molecule has 0 bridgehead atoms. The second-order valence-electron chi connectivity index (χ2n) is 7.10. The van der Waals surface area contributed by atoms with Crippen LogP contribution in [0.3, 0.4) is 0 Å². The zero-order valence-corrected chi connectivity index (χ0v) is 18.0. The van der Waals surface area contributed by atoms with Crippen LogP contribution >= 0.6 is 0 Å². The van der Waals surface area contributed by atoms with Gasteiger partial charge >= 0.3 is 6.18 Å². The maximum absolute atomic E-state index is 13.3. The van der Waals surface area contributed by atoms with E-state index in [9.17, 15) is 26.4 Å². The van der Waals surface area contributed by atoms with Crippen molar-refractivity contribution in [2.75, 3.05) is 29.9 Å². The van der Waals surface area contributed by atoms with Gasteiger partial charge in [-0.2, -0.15) is 13.2 Å². The van der Waals surface area contributed by atoms with Crippen molar-refractivity contribution in [1.82, 2.24) is 4.98 Å². The number of carbonyl (C=O) groups is 1. The summed E-state index contributed by atoms with van der Waals surface area (Å²) >= 11 is 0. The number of aryl methyl sites for hydroxylation is 1. The third kappa shape index (κ3) is 4.04. The van der Waals surface area contributed by atoms with Gasteiger partial charge in [0.05, 0.1) is 28.4 Å². The third-order valence-electron chi connectivity index (χ3n) is 4.83. The first-order valence-electron chi connectivity index (χ1n) is 9.15. The van der Waals surface area contributed by atoms with Gasteiger partial charge < -0.3 is 10.6 Å². The molecule has 0 aliphatic carbocycles. The molecule has 8 nitrogen and oxygen atoms in total. The number of hydrogen-bond donors (Lipinski definition) is 1. The van der Waals surface area contributed by atoms with Crippen molar-refractivity contribution in [3.8, 4) is 0 Å². The molecule has 0 fully saturated rings. The van der Waals surface area contributed by atoms with E-state index < -0.39 is 33.6 Å². The van der Waals surface area contributed by atoms with Gasteiger partial charge in [0, 0.05) is 13.3 Å². The van der Waals surface area contributed by atoms with Crippen LogP contribution in [0.25, 0.3) is 0 Å². The summed E-state index contributed by atoms with van der Waals surface area (Å²) in [6.07, 6.45) is -4.65. The van der Waals surface area contributed by atoms with Gasteiger partial charge in [-0.25, -0.2) is 18.5 Å². The molecule has 0 saturated carbocycles. The Bertz CT molecular complexity index is 1150. The predicted molar refractivity (Wildman–Crippen MR) is 107 cm³/mol. The summed E-state index contributed by atoms with van der Waals surface area (Å²) in [4.78, 5) is 22.9. The van der Waals surface area contributed by atoms with Gasteiger partial charge in [-0.3, -0.25) is 9.63 Å². The number of primary amides is 1. The number of nitrogens with two attached hydrogens (primary N) is 1. The highest BCUT2D eigenvalue weighted by molar-refractivity contribution is 7.90. The summed E-state index contributed by atoms with van der Waals surface area (Å²) in [5.74, 6) is -0.870. The van der Waals surface area contributed by atoms with Gasteiger partial charge in [-0.1, -0.05) is 0 Å². The van der Waals surface area contributed by atoms with Gasteiger partial charge in [-0.15, -0.1) is 0 Å². The number of alkyl halides is 3. The van der Waals surface area contributed by atoms with Crippen molar-refractivity contribution >= 4 is 27.1 Å². The number of nitrogens with zero attached hydrogens (tertiary/aromatic N) is 3. The summed E-state index contributed by atoms with van der Waals surface area (Å²) in [5.41, 5.74) is 4.92. The Morgan fingerprint density at radius 1 is 1.26 bits per heavy atom. The van der Waals surface area contributed by atoms with Crippen LogP contribution in [-0.4, -0.2) is 39.2 Å². The second-order valence-corrected chi connectivity index (χ2v) is 9.06. The molecule has 2 aromatic rings. The lowest BCUT2D eigenvalue weighted by molar-refractivity contribution is -0.137. The summed E-state index contributed by atoms with van der Waals surface area (Å²) in [7, 11) is -2.26. The Labute approximate surface area is 177 Å². The Hall–Kier alpha value is -2.86. The van der Waals surface area contributed by atoms with E-state index in [0.29, 0.717) is 5.69 Å². The zero-order chi connectivity index (χ0) is 23.3. The molecule has 168 valence electrons. The molecule has 1 aliphatic heterocycles. The molecule has 0 saturated heterocycles. The number of carbonyl (C=O) groups excluding carboxylic acids is 1. The minimum atomic E-state index is -4.58. The Morgan fingerprint density at radius 3 is 2.42 bits per heavy atom. The van der Waals surface area contributed by atoms with E-state index in [1.807, 2.05) is 0 Å². The fourth-order valence-electron chi connectivity index (χ4n) is 3.64. The molecule has 12 heteroatoms. The quantitative estimate of drug-likeness (QED) is 0.734. The van der Waals surface area contributed by atoms with Gasteiger partial charge in [-0.05, 0) is 43.7 Å². The van der Waals surface area contributed by atoms with E-state index in [1.165, 1.54) is 29.0 Å². The highest BCUT2D eigenvalue weighted by Crippen LogP contribution is 2.48. The summed E-state index contributed by atoms with van der Waals surface area (Å²) < 4.78 is 65.0. The highest BCUT2D eigenvalue weighted by atomic mass is 32.2. The minimum absolute atomic E-state index is 0.0722. The van der Waals surface area contributed by atoms with Gasteiger partial charge in [0.2, 0.25) is 0 Å². The molecule has 1 aromatic heterocycles. The van der Waals surface area contributed by atoms with E-state index in [4.69, 9.17) is 10.6 Å². The van der Waals surface area contributed by atoms with Gasteiger partial charge in [0.25, 0.3) is 5.91 Å². The van der Waals surface area contributed by atoms with E-state index in [1.54, 1.807) is 14.0 Å². The maximum Gasteiger partial charge on any atom is 0.416 e. The average molecular weight is 458 g/mol. The van der Waals surface area contributed by atoms with E-state index in [2.05, 4.69) is 4.98 Å². The monoisotopic (exact) mass is 458 g/mol. The number of hydroxylamine groups is 1. The van der Waals surface area contributed by atoms with Crippen molar-refractivity contribution in [3.63, 3.8) is 0 Å². The lowest BCUT2D eigenvalue weighted by Crippen LogP contribution is -2.36. The van der Waals surface area contributed by atoms with Crippen LogP contribution in [0.2, 0.25) is 0 Å². The lowest BCUT2D eigenvalue weighted by Gasteiger charge is -2.30. The number of fused-ring (bicyclic) bond motifs is 1. The van der Waals surface area contributed by atoms with Crippen LogP contribution in [0.15, 0.2) is 29.2 Å². The first-order chi connectivity index (χ1) is 14.3. The predicted octanol–water partition coefficient (Wildman–Crippen LogP) is 2.82. The third-order valence-corrected chi connectivity index (χ3v) is 6.10. The number of pyridine rings is 1. The van der Waals surface area contributed by atoms with Crippen molar-refractivity contribution < 1.29 is 31.2 Å². The Balaban J connectivity index is 2.30. The van der Waals surface area contributed by atoms with Crippen LogP contribution in [0.1, 0.15) is 40.4 Å². The largest absolute Gasteiger partial charge is 0.416 e. The van der Waals surface area contributed by atoms with Gasteiger partial charge in [0.1, 0.15) is 11.4 Å². The molecule has 1 unspecified atom stereocenters. The van der Waals surface area contributed by atoms with Crippen molar-refractivity contribution in [3.05, 3.63) is 46.8 Å². The molecule has 1 aromatic carbocycles. The molecule has 1 atom stereocenters. The first-order valence-corrected chi connectivity index (χ1v) is 11.0. The van der Waals surface area contributed by atoms with E-state index >= 15 is 0 Å². The van der Waals surface area contributed by atoms with Gasteiger partial charge in [0.15, 0.2) is 16.0 Å². The van der Waals surface area contributed by atoms with Crippen LogP contribution < -0.4 is 15.7 Å². The molecule has 2 heterocycles. The average Bonchev–Trinajstić information content (AvgIpc) is 2.91. The van der Waals surface area contributed by atoms with Crippen LogP contribution in [-0.2, 0) is 20.9 Å². The number of hydrogen-bond acceptors (Lipinski definition) is 7. The minimum Gasteiger partial charge on any atom is -0.364 e. The first kappa shape index (κ1) is 22.8. The standard InChI is InChI=1S/C19H21F3N4O4S/c1-5-30-26-14-9-11(19(20,21)22)6-7-13(14)25(3)18(26)15-16(31(4,28)29)10(2)8-12(24-15)17(23)27/h6-9,18H,5H2,1-4H3,(H2,23,27). The number of amides is 1. The summed E-state index contributed by atoms with van der Waals surface area (Å²) in [6.45, 7) is 3.21. The van der Waals surface area contributed by atoms with Crippen LogP contribution in [0.4, 0.5) is 24.5 Å². The summed E-state index contributed by atoms with van der Waals surface area (Å²) in [5, 5.41) is 1.17. The molecule has 3 rings (SSSR count). The number of aromatic nitrogens is 1. The molecule has 0 radical (unpaired) electrons. The number of anilines is 2. The Morgan fingerprint density at radius 2 is 1.90 bits per heavy atom. The maximum atomic E-state index is 13.3. The fourth-order valence-corrected chi connectivity index (χ4v) is 4.81. The number of benzene rings is 1. The van der Waals surface area contributed by atoms with Crippen LogP contribution in [0, 0.1) is 6.92 Å². The number of sulfone groups is 1. The normalized spacial score (nSPS) is 16.5. The topological polar surface area (TPSA) is 106 Å². The molecular formula is C19H21F3N4O4S. The van der Waals surface area contributed by atoms with Crippen molar-refractivity contribution in [1.29, 1.82) is 0 Å². The number of halogens is 3. The number of rotatable bonds is 5. The molecule has 2 N–H and O–H groups in total.